The second-order valence-electron chi connectivity index (χ2n) is 7.08. The number of nitrogens with two attached hydrogens (primary N) is 1. The molecule has 3 aromatic rings. The SMILES string of the molecule is NC[C@@H]1CN(S(=O)(=O)Cc2cccc3cccnc23)C[C@H]1c1ccccc1. The third kappa shape index (κ3) is 3.60. The number of hydrogen-bond acceptors (Lipinski definition) is 4. The molecular formula is C21H23N3O2S. The molecule has 1 aliphatic heterocycles. The molecular weight excluding hydrogens is 358 g/mol. The molecule has 1 aromatic heterocycles. The van der Waals surface area contributed by atoms with Gasteiger partial charge < -0.3 is 5.73 Å². The summed E-state index contributed by atoms with van der Waals surface area (Å²) in [5.74, 6) is 0.226. The van der Waals surface area contributed by atoms with E-state index in [1.165, 1.54) is 0 Å². The van der Waals surface area contributed by atoms with Crippen LogP contribution in [0.2, 0.25) is 0 Å². The summed E-state index contributed by atoms with van der Waals surface area (Å²) in [7, 11) is -3.45. The number of benzene rings is 2. The first-order valence-electron chi connectivity index (χ1n) is 9.14. The van der Waals surface area contributed by atoms with E-state index in [2.05, 4.69) is 17.1 Å². The van der Waals surface area contributed by atoms with Crippen molar-refractivity contribution in [3.05, 3.63) is 78.0 Å². The fourth-order valence-electron chi connectivity index (χ4n) is 3.95. The van der Waals surface area contributed by atoms with E-state index in [4.69, 9.17) is 5.73 Å². The van der Waals surface area contributed by atoms with Gasteiger partial charge >= 0.3 is 0 Å². The van der Waals surface area contributed by atoms with Crippen molar-refractivity contribution in [3.8, 4) is 0 Å². The van der Waals surface area contributed by atoms with Crippen LogP contribution in [-0.2, 0) is 15.8 Å². The lowest BCUT2D eigenvalue weighted by atomic mass is 9.89. The van der Waals surface area contributed by atoms with Crippen molar-refractivity contribution in [1.82, 2.24) is 9.29 Å². The smallest absolute Gasteiger partial charge is 0.218 e. The molecule has 0 amide bonds. The zero-order chi connectivity index (χ0) is 18.9. The lowest BCUT2D eigenvalue weighted by molar-refractivity contribution is 0.458. The van der Waals surface area contributed by atoms with Gasteiger partial charge in [-0.1, -0.05) is 54.6 Å². The highest BCUT2D eigenvalue weighted by Crippen LogP contribution is 2.34. The van der Waals surface area contributed by atoms with Crippen molar-refractivity contribution >= 4 is 20.9 Å². The summed E-state index contributed by atoms with van der Waals surface area (Å²) in [5.41, 5.74) is 8.60. The van der Waals surface area contributed by atoms with Gasteiger partial charge in [-0.3, -0.25) is 4.98 Å². The molecule has 6 heteroatoms. The van der Waals surface area contributed by atoms with E-state index in [0.717, 1.165) is 22.0 Å². The minimum atomic E-state index is -3.45. The van der Waals surface area contributed by atoms with Crippen LogP contribution in [0.4, 0.5) is 0 Å². The largest absolute Gasteiger partial charge is 0.330 e. The van der Waals surface area contributed by atoms with Gasteiger partial charge in [-0.15, -0.1) is 0 Å². The standard InChI is InChI=1S/C21H23N3O2S/c22-12-19-13-24(14-20(19)16-6-2-1-3-7-16)27(25,26)15-18-9-4-8-17-10-5-11-23-21(17)18/h1-11,19-20H,12-15,22H2/t19-,20+/m1/s1. The highest BCUT2D eigenvalue weighted by Gasteiger charge is 2.38. The Morgan fingerprint density at radius 3 is 2.56 bits per heavy atom. The van der Waals surface area contributed by atoms with Gasteiger partial charge in [0, 0.05) is 30.6 Å². The van der Waals surface area contributed by atoms with Gasteiger partial charge in [-0.05, 0) is 29.7 Å². The highest BCUT2D eigenvalue weighted by atomic mass is 32.2. The summed E-state index contributed by atoms with van der Waals surface area (Å²) < 4.78 is 27.9. The van der Waals surface area contributed by atoms with Crippen molar-refractivity contribution in [2.45, 2.75) is 11.7 Å². The fraction of sp³-hybridized carbons (Fsp3) is 0.286. The summed E-state index contributed by atoms with van der Waals surface area (Å²) in [4.78, 5) is 4.38. The molecule has 0 unspecified atom stereocenters. The van der Waals surface area contributed by atoms with Crippen molar-refractivity contribution < 1.29 is 8.42 Å². The molecule has 27 heavy (non-hydrogen) atoms. The predicted octanol–water partition coefficient (Wildman–Crippen LogP) is 2.74. The van der Waals surface area contributed by atoms with Crippen molar-refractivity contribution in [3.63, 3.8) is 0 Å². The van der Waals surface area contributed by atoms with Crippen molar-refractivity contribution in [1.29, 1.82) is 0 Å². The van der Waals surface area contributed by atoms with Crippen LogP contribution in [0.15, 0.2) is 66.9 Å². The fourth-order valence-corrected chi connectivity index (χ4v) is 5.56. The Labute approximate surface area is 159 Å². The maximum Gasteiger partial charge on any atom is 0.218 e. The van der Waals surface area contributed by atoms with E-state index in [0.29, 0.717) is 19.6 Å². The van der Waals surface area contributed by atoms with Gasteiger partial charge in [0.1, 0.15) is 0 Å². The second-order valence-corrected chi connectivity index (χ2v) is 9.05. The summed E-state index contributed by atoms with van der Waals surface area (Å²) in [5, 5.41) is 0.952. The number of sulfonamides is 1. The van der Waals surface area contributed by atoms with E-state index in [1.807, 2.05) is 48.5 Å². The molecule has 2 atom stereocenters. The van der Waals surface area contributed by atoms with Crippen molar-refractivity contribution in [2.24, 2.45) is 11.7 Å². The number of pyridine rings is 1. The number of rotatable bonds is 5. The normalized spacial score (nSPS) is 20.9. The van der Waals surface area contributed by atoms with Gasteiger partial charge in [0.25, 0.3) is 0 Å². The van der Waals surface area contributed by atoms with Gasteiger partial charge in [0.05, 0.1) is 11.3 Å². The van der Waals surface area contributed by atoms with Gasteiger partial charge in [-0.2, -0.15) is 0 Å². The van der Waals surface area contributed by atoms with Crippen LogP contribution >= 0.6 is 0 Å². The zero-order valence-corrected chi connectivity index (χ0v) is 15.8. The monoisotopic (exact) mass is 381 g/mol. The lowest BCUT2D eigenvalue weighted by Crippen LogP contribution is -2.31. The van der Waals surface area contributed by atoms with Gasteiger partial charge in [-0.25, -0.2) is 12.7 Å². The summed E-state index contributed by atoms with van der Waals surface area (Å²) >= 11 is 0. The molecule has 0 aliphatic carbocycles. The van der Waals surface area contributed by atoms with E-state index in [1.54, 1.807) is 10.5 Å². The highest BCUT2D eigenvalue weighted by molar-refractivity contribution is 7.88. The molecule has 1 aliphatic rings. The summed E-state index contributed by atoms with van der Waals surface area (Å²) in [6.07, 6.45) is 1.70. The quantitative estimate of drug-likeness (QED) is 0.737. The third-order valence-corrected chi connectivity index (χ3v) is 7.15. The molecule has 1 fully saturated rings. The number of nitrogens with zero attached hydrogens (tertiary/aromatic N) is 2. The molecule has 0 bridgehead atoms. The molecule has 2 heterocycles. The molecule has 0 radical (unpaired) electrons. The van der Waals surface area contributed by atoms with Gasteiger partial charge in [0.2, 0.25) is 10.0 Å². The minimum Gasteiger partial charge on any atom is -0.330 e. The van der Waals surface area contributed by atoms with Crippen LogP contribution in [0.5, 0.6) is 0 Å². The summed E-state index contributed by atoms with van der Waals surface area (Å²) in [6, 6.07) is 19.5. The maximum atomic E-state index is 13.1. The van der Waals surface area contributed by atoms with Crippen molar-refractivity contribution in [2.75, 3.05) is 19.6 Å². The van der Waals surface area contributed by atoms with E-state index < -0.39 is 10.0 Å². The number of fused-ring (bicyclic) bond motifs is 1. The Morgan fingerprint density at radius 1 is 1.00 bits per heavy atom. The van der Waals surface area contributed by atoms with Crippen LogP contribution < -0.4 is 5.73 Å². The number of para-hydroxylation sites is 1. The van der Waals surface area contributed by atoms with E-state index >= 15 is 0 Å². The Bertz CT molecular complexity index is 1030. The first-order chi connectivity index (χ1) is 13.1. The number of hydrogen-bond donors (Lipinski definition) is 1. The first-order valence-corrected chi connectivity index (χ1v) is 10.7. The lowest BCUT2D eigenvalue weighted by Gasteiger charge is -2.17. The van der Waals surface area contributed by atoms with Crippen LogP contribution in [0.3, 0.4) is 0 Å². The molecule has 2 N–H and O–H groups in total. The molecule has 140 valence electrons. The Morgan fingerprint density at radius 2 is 1.78 bits per heavy atom. The second kappa shape index (κ2) is 7.38. The van der Waals surface area contributed by atoms with E-state index in [9.17, 15) is 8.42 Å². The predicted molar refractivity (Wildman–Crippen MR) is 108 cm³/mol. The molecule has 5 nitrogen and oxygen atoms in total. The molecule has 4 rings (SSSR count). The first kappa shape index (κ1) is 18.1. The Balaban J connectivity index is 1.60. The maximum absolute atomic E-state index is 13.1. The molecule has 1 saturated heterocycles. The average molecular weight is 382 g/mol. The van der Waals surface area contributed by atoms with Crippen LogP contribution in [0, 0.1) is 5.92 Å². The topological polar surface area (TPSA) is 76.3 Å². The third-order valence-electron chi connectivity index (χ3n) is 5.39. The van der Waals surface area contributed by atoms with Crippen LogP contribution in [0.25, 0.3) is 10.9 Å². The zero-order valence-electron chi connectivity index (χ0n) is 15.0. The molecule has 2 aromatic carbocycles. The molecule has 0 spiro atoms. The van der Waals surface area contributed by atoms with E-state index in [-0.39, 0.29) is 17.6 Å². The number of aromatic nitrogens is 1. The van der Waals surface area contributed by atoms with Crippen LogP contribution in [-0.4, -0.2) is 37.3 Å². The average Bonchev–Trinajstić information content (AvgIpc) is 3.14. The summed E-state index contributed by atoms with van der Waals surface area (Å²) in [6.45, 7) is 1.42. The Kier molecular flexibility index (Phi) is 4.95. The van der Waals surface area contributed by atoms with Gasteiger partial charge in [0.15, 0.2) is 0 Å². The molecule has 0 saturated carbocycles. The van der Waals surface area contributed by atoms with Crippen LogP contribution in [0.1, 0.15) is 17.0 Å². The Hall–Kier alpha value is -2.28. The minimum absolute atomic E-state index is 0.0415.